The minimum Gasteiger partial charge on any atom is -0.396 e. The normalized spacial score (nSPS) is 19.2. The first-order valence-corrected chi connectivity index (χ1v) is 8.81. The number of nitrogens with one attached hydrogen (secondary N) is 1. The first kappa shape index (κ1) is 16.1. The maximum atomic E-state index is 13.5. The predicted octanol–water partition coefficient (Wildman–Crippen LogP) is 3.37. The number of rotatable bonds is 4. The van der Waals surface area contributed by atoms with Crippen LogP contribution in [0.1, 0.15) is 12.1 Å². The molecule has 2 heterocycles. The van der Waals surface area contributed by atoms with E-state index in [1.54, 1.807) is 0 Å². The van der Waals surface area contributed by atoms with E-state index >= 15 is 0 Å². The average molecular weight is 357 g/mol. The molecule has 2 aromatic heterocycles. The van der Waals surface area contributed by atoms with E-state index in [1.807, 2.05) is 25.1 Å². The Morgan fingerprint density at radius 1 is 1.44 bits per heavy atom. The molecule has 4 rings (SSSR count). The second-order valence-electron chi connectivity index (χ2n) is 6.26. The molecule has 1 aliphatic carbocycles. The summed E-state index contributed by atoms with van der Waals surface area (Å²) in [5.41, 5.74) is 3.13. The number of hydrogen-bond donors (Lipinski definition) is 2. The van der Waals surface area contributed by atoms with Gasteiger partial charge in [-0.1, -0.05) is 17.4 Å². The molecule has 0 aliphatic heterocycles. The molecule has 2 N–H and O–H groups in total. The average Bonchev–Trinajstić information content (AvgIpc) is 3.29. The lowest BCUT2D eigenvalue weighted by molar-refractivity contribution is -0.117. The van der Waals surface area contributed by atoms with Crippen LogP contribution in [-0.4, -0.2) is 27.6 Å². The molecule has 1 fully saturated rings. The van der Waals surface area contributed by atoms with Crippen molar-refractivity contribution < 1.29 is 14.3 Å². The molecule has 0 bridgehead atoms. The lowest BCUT2D eigenvalue weighted by Gasteiger charge is -2.05. The van der Waals surface area contributed by atoms with Crippen LogP contribution >= 0.6 is 11.3 Å². The first-order chi connectivity index (χ1) is 12.0. The van der Waals surface area contributed by atoms with Crippen LogP contribution in [0.4, 0.5) is 9.52 Å². The third-order valence-electron chi connectivity index (χ3n) is 4.48. The minimum absolute atomic E-state index is 0.0440. The zero-order valence-electron chi connectivity index (χ0n) is 13.5. The number of carbonyl (C=O) groups is 1. The lowest BCUT2D eigenvalue weighted by Crippen LogP contribution is -2.15. The van der Waals surface area contributed by atoms with Crippen LogP contribution in [0.3, 0.4) is 0 Å². The van der Waals surface area contributed by atoms with E-state index in [1.165, 1.54) is 23.6 Å². The SMILES string of the molecule is Cc1ncc(F)cc1-c1ccc2nc(NC(=O)C3CC3CO)sc2c1. The van der Waals surface area contributed by atoms with Gasteiger partial charge in [0.1, 0.15) is 5.82 Å². The number of amides is 1. The number of benzene rings is 1. The van der Waals surface area contributed by atoms with Gasteiger partial charge in [0.05, 0.1) is 16.4 Å². The molecule has 1 amide bonds. The molecular formula is C18H16FN3O2S. The van der Waals surface area contributed by atoms with Crippen LogP contribution in [0, 0.1) is 24.6 Å². The molecule has 0 spiro atoms. The number of anilines is 1. The number of aliphatic hydroxyl groups is 1. The highest BCUT2D eigenvalue weighted by molar-refractivity contribution is 7.22. The maximum absolute atomic E-state index is 13.5. The van der Waals surface area contributed by atoms with E-state index in [2.05, 4.69) is 15.3 Å². The van der Waals surface area contributed by atoms with E-state index in [-0.39, 0.29) is 30.2 Å². The molecule has 0 radical (unpaired) electrons. The molecule has 2 atom stereocenters. The number of aliphatic hydroxyl groups excluding tert-OH is 1. The van der Waals surface area contributed by atoms with Crippen molar-refractivity contribution in [2.75, 3.05) is 11.9 Å². The molecule has 5 nitrogen and oxygen atoms in total. The molecule has 25 heavy (non-hydrogen) atoms. The summed E-state index contributed by atoms with van der Waals surface area (Å²) in [5, 5.41) is 12.4. The van der Waals surface area contributed by atoms with Gasteiger partial charge in [-0.2, -0.15) is 0 Å². The number of aryl methyl sites for hydroxylation is 1. The standard InChI is InChI=1S/C18H16FN3O2S/c1-9-13(6-12(19)7-20-9)10-2-3-15-16(5-10)25-18(21-15)22-17(24)14-4-11(14)8-23/h2-3,5-7,11,14,23H,4,8H2,1H3,(H,21,22,24). The number of hydrogen-bond acceptors (Lipinski definition) is 5. The monoisotopic (exact) mass is 357 g/mol. The van der Waals surface area contributed by atoms with Crippen LogP contribution in [-0.2, 0) is 4.79 Å². The van der Waals surface area contributed by atoms with Crippen molar-refractivity contribution >= 4 is 32.6 Å². The van der Waals surface area contributed by atoms with Gasteiger partial charge in [0, 0.05) is 23.8 Å². The zero-order chi connectivity index (χ0) is 17.6. The quantitative estimate of drug-likeness (QED) is 0.751. The second kappa shape index (κ2) is 6.16. The molecule has 3 aromatic rings. The number of pyridine rings is 1. The molecule has 0 saturated heterocycles. The first-order valence-electron chi connectivity index (χ1n) is 8.00. The smallest absolute Gasteiger partial charge is 0.229 e. The summed E-state index contributed by atoms with van der Waals surface area (Å²) < 4.78 is 14.4. The van der Waals surface area contributed by atoms with E-state index in [0.29, 0.717) is 5.13 Å². The highest BCUT2D eigenvalue weighted by Gasteiger charge is 2.42. The molecule has 1 aromatic carbocycles. The Kier molecular flexibility index (Phi) is 3.97. The molecule has 2 unspecified atom stereocenters. The van der Waals surface area contributed by atoms with Crippen molar-refractivity contribution in [1.29, 1.82) is 0 Å². The summed E-state index contributed by atoms with van der Waals surface area (Å²) in [6, 6.07) is 7.13. The molecule has 1 aliphatic rings. The summed E-state index contributed by atoms with van der Waals surface area (Å²) in [4.78, 5) is 20.6. The van der Waals surface area contributed by atoms with E-state index in [0.717, 1.165) is 33.5 Å². The Morgan fingerprint density at radius 3 is 3.04 bits per heavy atom. The van der Waals surface area contributed by atoms with Gasteiger partial charge in [0.2, 0.25) is 5.91 Å². The molecule has 128 valence electrons. The van der Waals surface area contributed by atoms with Gasteiger partial charge in [-0.15, -0.1) is 0 Å². The Balaban J connectivity index is 1.61. The van der Waals surface area contributed by atoms with Gasteiger partial charge in [-0.3, -0.25) is 9.78 Å². The number of nitrogens with zero attached hydrogens (tertiary/aromatic N) is 2. The molecule has 1 saturated carbocycles. The van der Waals surface area contributed by atoms with Gasteiger partial charge in [-0.25, -0.2) is 9.37 Å². The van der Waals surface area contributed by atoms with Gasteiger partial charge in [0.15, 0.2) is 5.13 Å². The van der Waals surface area contributed by atoms with Crippen molar-refractivity contribution in [3.05, 3.63) is 42.0 Å². The predicted molar refractivity (Wildman–Crippen MR) is 94.9 cm³/mol. The number of aromatic nitrogens is 2. The van der Waals surface area contributed by atoms with Crippen molar-refractivity contribution in [2.45, 2.75) is 13.3 Å². The van der Waals surface area contributed by atoms with Crippen LogP contribution < -0.4 is 5.32 Å². The molecule has 7 heteroatoms. The fourth-order valence-electron chi connectivity index (χ4n) is 2.91. The lowest BCUT2D eigenvalue weighted by atomic mass is 10.0. The van der Waals surface area contributed by atoms with Crippen molar-refractivity contribution in [3.63, 3.8) is 0 Å². The van der Waals surface area contributed by atoms with Crippen molar-refractivity contribution in [3.8, 4) is 11.1 Å². The van der Waals surface area contributed by atoms with Gasteiger partial charge >= 0.3 is 0 Å². The largest absolute Gasteiger partial charge is 0.396 e. The summed E-state index contributed by atoms with van der Waals surface area (Å²) in [7, 11) is 0. The van der Waals surface area contributed by atoms with Gasteiger partial charge in [-0.05, 0) is 43.0 Å². The van der Waals surface area contributed by atoms with Gasteiger partial charge in [0.25, 0.3) is 0 Å². The van der Waals surface area contributed by atoms with Crippen molar-refractivity contribution in [1.82, 2.24) is 9.97 Å². The Labute approximate surface area is 147 Å². The third-order valence-corrected chi connectivity index (χ3v) is 5.41. The number of carbonyl (C=O) groups excluding carboxylic acids is 1. The fraction of sp³-hybridized carbons (Fsp3) is 0.278. The van der Waals surface area contributed by atoms with Crippen LogP contribution in [0.5, 0.6) is 0 Å². The molecular weight excluding hydrogens is 341 g/mol. The Morgan fingerprint density at radius 2 is 2.28 bits per heavy atom. The highest BCUT2D eigenvalue weighted by atomic mass is 32.1. The third kappa shape index (κ3) is 3.12. The Hall–Kier alpha value is -2.38. The number of fused-ring (bicyclic) bond motifs is 1. The van der Waals surface area contributed by atoms with E-state index in [9.17, 15) is 9.18 Å². The number of thiazole rings is 1. The van der Waals surface area contributed by atoms with Gasteiger partial charge < -0.3 is 10.4 Å². The summed E-state index contributed by atoms with van der Waals surface area (Å²) >= 11 is 1.38. The maximum Gasteiger partial charge on any atom is 0.229 e. The fourth-order valence-corrected chi connectivity index (χ4v) is 3.82. The topological polar surface area (TPSA) is 75.1 Å². The van der Waals surface area contributed by atoms with E-state index in [4.69, 9.17) is 5.11 Å². The van der Waals surface area contributed by atoms with Crippen LogP contribution in [0.15, 0.2) is 30.5 Å². The van der Waals surface area contributed by atoms with E-state index < -0.39 is 0 Å². The van der Waals surface area contributed by atoms with Crippen LogP contribution in [0.25, 0.3) is 21.3 Å². The summed E-state index contributed by atoms with van der Waals surface area (Å²) in [6.45, 7) is 1.88. The second-order valence-corrected chi connectivity index (χ2v) is 7.29. The minimum atomic E-state index is -0.374. The summed E-state index contributed by atoms with van der Waals surface area (Å²) in [6.07, 6.45) is 1.93. The summed E-state index contributed by atoms with van der Waals surface area (Å²) in [5.74, 6) is -0.512. The highest BCUT2D eigenvalue weighted by Crippen LogP contribution is 2.39. The van der Waals surface area contributed by atoms with Crippen LogP contribution in [0.2, 0.25) is 0 Å². The van der Waals surface area contributed by atoms with Crippen molar-refractivity contribution in [2.24, 2.45) is 11.8 Å². The zero-order valence-corrected chi connectivity index (χ0v) is 14.3. The Bertz CT molecular complexity index is 972. The number of halogens is 1.